The normalized spacial score (nSPS) is 10.9. The van der Waals surface area contributed by atoms with Crippen molar-refractivity contribution >= 4 is 17.4 Å². The maximum Gasteiger partial charge on any atom is 0.138 e. The number of aryl methyl sites for hydroxylation is 1. The maximum absolute atomic E-state index is 6.07. The molecule has 4 nitrogen and oxygen atoms in total. The first-order valence-corrected chi connectivity index (χ1v) is 5.84. The van der Waals surface area contributed by atoms with E-state index in [-0.39, 0.29) is 0 Å². The average Bonchev–Trinajstić information content (AvgIpc) is 2.16. The standard InChI is InChI=1S/C11H19ClN4/c1-5-9-10(12)14-8(2)15-11(9)13-6-7-16(3)4/h5-7H2,1-4H3,(H,13,14,15). The molecular weight excluding hydrogens is 224 g/mol. The number of nitrogens with one attached hydrogen (secondary N) is 1. The zero-order valence-electron chi connectivity index (χ0n) is 10.3. The summed E-state index contributed by atoms with van der Waals surface area (Å²) in [5.41, 5.74) is 0.992. The van der Waals surface area contributed by atoms with Crippen LogP contribution >= 0.6 is 11.6 Å². The number of likely N-dealkylation sites (N-methyl/N-ethyl adjacent to an activating group) is 1. The molecule has 1 N–H and O–H groups in total. The fourth-order valence-electron chi connectivity index (χ4n) is 1.42. The Balaban J connectivity index is 2.77. The zero-order valence-corrected chi connectivity index (χ0v) is 11.1. The second-order valence-corrected chi connectivity index (χ2v) is 4.33. The molecule has 1 aromatic rings. The van der Waals surface area contributed by atoms with E-state index in [9.17, 15) is 0 Å². The van der Waals surface area contributed by atoms with Gasteiger partial charge in [0.15, 0.2) is 0 Å². The highest BCUT2D eigenvalue weighted by molar-refractivity contribution is 6.30. The van der Waals surface area contributed by atoms with Gasteiger partial charge in [0.25, 0.3) is 0 Å². The van der Waals surface area contributed by atoms with Crippen molar-refractivity contribution in [1.82, 2.24) is 14.9 Å². The maximum atomic E-state index is 6.07. The van der Waals surface area contributed by atoms with Crippen LogP contribution in [-0.2, 0) is 6.42 Å². The Morgan fingerprint density at radius 2 is 2.00 bits per heavy atom. The van der Waals surface area contributed by atoms with Crippen LogP contribution in [0.4, 0.5) is 5.82 Å². The van der Waals surface area contributed by atoms with Crippen molar-refractivity contribution in [1.29, 1.82) is 0 Å². The number of hydrogen-bond acceptors (Lipinski definition) is 4. The van der Waals surface area contributed by atoms with Crippen molar-refractivity contribution in [2.75, 3.05) is 32.5 Å². The third kappa shape index (κ3) is 3.61. The molecule has 1 rings (SSSR count). The molecule has 90 valence electrons. The average molecular weight is 243 g/mol. The highest BCUT2D eigenvalue weighted by Crippen LogP contribution is 2.21. The van der Waals surface area contributed by atoms with Gasteiger partial charge in [0.05, 0.1) is 0 Å². The van der Waals surface area contributed by atoms with E-state index in [0.29, 0.717) is 11.0 Å². The molecule has 0 aliphatic carbocycles. The van der Waals surface area contributed by atoms with Crippen molar-refractivity contribution in [2.24, 2.45) is 0 Å². The van der Waals surface area contributed by atoms with Crippen molar-refractivity contribution in [2.45, 2.75) is 20.3 Å². The van der Waals surface area contributed by atoms with E-state index in [2.05, 4.69) is 27.1 Å². The smallest absolute Gasteiger partial charge is 0.138 e. The molecule has 0 aliphatic heterocycles. The molecule has 1 aromatic heterocycles. The Hall–Kier alpha value is -0.870. The lowest BCUT2D eigenvalue weighted by atomic mass is 10.2. The van der Waals surface area contributed by atoms with E-state index in [4.69, 9.17) is 11.6 Å². The molecule has 0 amide bonds. The third-order valence-corrected chi connectivity index (χ3v) is 2.59. The molecule has 0 aromatic carbocycles. The monoisotopic (exact) mass is 242 g/mol. The SMILES string of the molecule is CCc1c(Cl)nc(C)nc1NCCN(C)C. The van der Waals surface area contributed by atoms with Crippen LogP contribution in [0.5, 0.6) is 0 Å². The second kappa shape index (κ2) is 6.01. The molecule has 16 heavy (non-hydrogen) atoms. The number of anilines is 1. The Morgan fingerprint density at radius 1 is 1.31 bits per heavy atom. The molecule has 0 bridgehead atoms. The summed E-state index contributed by atoms with van der Waals surface area (Å²) in [5, 5.41) is 3.86. The zero-order chi connectivity index (χ0) is 12.1. The highest BCUT2D eigenvalue weighted by Gasteiger charge is 2.09. The fraction of sp³-hybridized carbons (Fsp3) is 0.636. The first kappa shape index (κ1) is 13.2. The van der Waals surface area contributed by atoms with Crippen LogP contribution in [0, 0.1) is 6.92 Å². The summed E-state index contributed by atoms with van der Waals surface area (Å²) < 4.78 is 0. The van der Waals surface area contributed by atoms with E-state index in [1.54, 1.807) is 0 Å². The minimum Gasteiger partial charge on any atom is -0.368 e. The molecule has 5 heteroatoms. The van der Waals surface area contributed by atoms with Gasteiger partial charge >= 0.3 is 0 Å². The molecule has 0 aliphatic rings. The number of rotatable bonds is 5. The Bertz CT molecular complexity index is 352. The van der Waals surface area contributed by atoms with E-state index in [1.807, 2.05) is 21.0 Å². The molecule has 0 saturated heterocycles. The second-order valence-electron chi connectivity index (χ2n) is 3.97. The van der Waals surface area contributed by atoms with Crippen molar-refractivity contribution < 1.29 is 0 Å². The van der Waals surface area contributed by atoms with Crippen LogP contribution < -0.4 is 5.32 Å². The largest absolute Gasteiger partial charge is 0.368 e. The predicted octanol–water partition coefficient (Wildman–Crippen LogP) is 1.97. The number of aromatic nitrogens is 2. The summed E-state index contributed by atoms with van der Waals surface area (Å²) in [5.74, 6) is 1.57. The number of hydrogen-bond donors (Lipinski definition) is 1. The summed E-state index contributed by atoms with van der Waals surface area (Å²) in [6.45, 7) is 5.72. The van der Waals surface area contributed by atoms with Crippen LogP contribution in [-0.4, -0.2) is 42.1 Å². The Kier molecular flexibility index (Phi) is 4.96. The highest BCUT2D eigenvalue weighted by atomic mass is 35.5. The van der Waals surface area contributed by atoms with Crippen LogP contribution in [0.3, 0.4) is 0 Å². The molecule has 0 atom stereocenters. The van der Waals surface area contributed by atoms with Crippen LogP contribution in [0.15, 0.2) is 0 Å². The van der Waals surface area contributed by atoms with Crippen LogP contribution in [0.2, 0.25) is 5.15 Å². The van der Waals surface area contributed by atoms with Gasteiger partial charge in [-0.1, -0.05) is 18.5 Å². The van der Waals surface area contributed by atoms with Gasteiger partial charge in [-0.15, -0.1) is 0 Å². The lowest BCUT2D eigenvalue weighted by molar-refractivity contribution is 0.425. The summed E-state index contributed by atoms with van der Waals surface area (Å²) >= 11 is 6.07. The molecular formula is C11H19ClN4. The van der Waals surface area contributed by atoms with Crippen molar-refractivity contribution in [3.8, 4) is 0 Å². The molecule has 1 heterocycles. The van der Waals surface area contributed by atoms with Gasteiger partial charge in [-0.25, -0.2) is 9.97 Å². The minimum atomic E-state index is 0.558. The first-order valence-electron chi connectivity index (χ1n) is 5.46. The minimum absolute atomic E-state index is 0.558. The quantitative estimate of drug-likeness (QED) is 0.802. The van der Waals surface area contributed by atoms with Crippen molar-refractivity contribution in [3.63, 3.8) is 0 Å². The lowest BCUT2D eigenvalue weighted by Crippen LogP contribution is -2.22. The summed E-state index contributed by atoms with van der Waals surface area (Å²) in [6.07, 6.45) is 0.837. The van der Waals surface area contributed by atoms with Gasteiger partial charge in [-0.2, -0.15) is 0 Å². The fourth-order valence-corrected chi connectivity index (χ4v) is 1.76. The van der Waals surface area contributed by atoms with Gasteiger partial charge < -0.3 is 10.2 Å². The topological polar surface area (TPSA) is 41.1 Å². The first-order chi connectivity index (χ1) is 7.54. The summed E-state index contributed by atoms with van der Waals surface area (Å²) in [4.78, 5) is 10.6. The van der Waals surface area contributed by atoms with E-state index >= 15 is 0 Å². The van der Waals surface area contributed by atoms with Gasteiger partial charge in [0, 0.05) is 18.7 Å². The van der Waals surface area contributed by atoms with Crippen LogP contribution in [0.25, 0.3) is 0 Å². The van der Waals surface area contributed by atoms with Crippen molar-refractivity contribution in [3.05, 3.63) is 16.5 Å². The molecule has 0 fully saturated rings. The van der Waals surface area contributed by atoms with E-state index in [1.165, 1.54) is 0 Å². The third-order valence-electron chi connectivity index (χ3n) is 2.27. The number of nitrogens with zero attached hydrogens (tertiary/aromatic N) is 3. The van der Waals surface area contributed by atoms with E-state index < -0.39 is 0 Å². The van der Waals surface area contributed by atoms with Gasteiger partial charge in [-0.3, -0.25) is 0 Å². The van der Waals surface area contributed by atoms with Gasteiger partial charge in [0.1, 0.15) is 16.8 Å². The lowest BCUT2D eigenvalue weighted by Gasteiger charge is -2.14. The summed E-state index contributed by atoms with van der Waals surface area (Å²) in [6, 6.07) is 0. The Labute approximate surface area is 102 Å². The Morgan fingerprint density at radius 3 is 2.56 bits per heavy atom. The molecule has 0 spiro atoms. The molecule has 0 radical (unpaired) electrons. The molecule has 0 saturated carbocycles. The summed E-state index contributed by atoms with van der Waals surface area (Å²) in [7, 11) is 4.08. The predicted molar refractivity (Wildman–Crippen MR) is 68.2 cm³/mol. The van der Waals surface area contributed by atoms with E-state index in [0.717, 1.165) is 30.9 Å². The van der Waals surface area contributed by atoms with Crippen LogP contribution in [0.1, 0.15) is 18.3 Å². The number of halogens is 1. The molecule has 0 unspecified atom stereocenters. The van der Waals surface area contributed by atoms with Gasteiger partial charge in [-0.05, 0) is 27.4 Å². The van der Waals surface area contributed by atoms with Gasteiger partial charge in [0.2, 0.25) is 0 Å².